The Hall–Kier alpha value is -0.340. The van der Waals surface area contributed by atoms with Crippen molar-refractivity contribution in [1.29, 1.82) is 0 Å². The topological polar surface area (TPSA) is 40.5 Å². The molecule has 0 radical (unpaired) electrons. The van der Waals surface area contributed by atoms with Crippen molar-refractivity contribution in [3.8, 4) is 0 Å². The predicted octanol–water partition coefficient (Wildman–Crippen LogP) is 1.47. The number of aliphatic hydroxyl groups excluding tert-OH is 2. The van der Waals surface area contributed by atoms with Crippen LogP contribution in [0.3, 0.4) is 0 Å². The van der Waals surface area contributed by atoms with Crippen LogP contribution in [0.4, 0.5) is 0 Å². The van der Waals surface area contributed by atoms with Gasteiger partial charge in [0.25, 0.3) is 0 Å². The molecule has 0 rings (SSSR count). The second kappa shape index (κ2) is 5.33. The molecule has 0 aromatic heterocycles. The molecule has 66 valence electrons. The predicted molar refractivity (Wildman–Crippen MR) is 46.4 cm³/mol. The first-order chi connectivity index (χ1) is 5.06. The van der Waals surface area contributed by atoms with Gasteiger partial charge in [-0.2, -0.15) is 0 Å². The third-order valence-electron chi connectivity index (χ3n) is 1.60. The van der Waals surface area contributed by atoms with Gasteiger partial charge in [0.1, 0.15) is 0 Å². The van der Waals surface area contributed by atoms with E-state index in [-0.39, 0.29) is 6.10 Å². The Balaban J connectivity index is 3.51. The van der Waals surface area contributed by atoms with Crippen LogP contribution in [0.2, 0.25) is 0 Å². The molecule has 2 atom stereocenters. The fourth-order valence-corrected chi connectivity index (χ4v) is 0.966. The lowest BCUT2D eigenvalue weighted by Crippen LogP contribution is -2.16. The highest BCUT2D eigenvalue weighted by Crippen LogP contribution is 2.09. The highest BCUT2D eigenvalue weighted by molar-refractivity contribution is 4.90. The number of rotatable bonds is 5. The third-order valence-corrected chi connectivity index (χ3v) is 1.60. The van der Waals surface area contributed by atoms with Gasteiger partial charge in [-0.25, -0.2) is 0 Å². The van der Waals surface area contributed by atoms with Gasteiger partial charge in [-0.3, -0.25) is 0 Å². The summed E-state index contributed by atoms with van der Waals surface area (Å²) in [4.78, 5) is 0. The normalized spacial score (nSPS) is 16.0. The van der Waals surface area contributed by atoms with Crippen molar-refractivity contribution in [2.75, 3.05) is 0 Å². The standard InChI is InChI=1S/C9H18O2/c1-4-8(10)6-9(11)5-7(2)3/h8-11H,2,4-6H2,1,3H3/t8-,9-/m0/s1. The Labute approximate surface area is 68.6 Å². The molecule has 0 aromatic carbocycles. The van der Waals surface area contributed by atoms with Crippen molar-refractivity contribution in [1.82, 2.24) is 0 Å². The molecule has 2 N–H and O–H groups in total. The molecule has 0 aliphatic carbocycles. The summed E-state index contributed by atoms with van der Waals surface area (Å²) in [7, 11) is 0. The van der Waals surface area contributed by atoms with Crippen LogP contribution in [-0.2, 0) is 0 Å². The van der Waals surface area contributed by atoms with Gasteiger partial charge in [0.15, 0.2) is 0 Å². The fourth-order valence-electron chi connectivity index (χ4n) is 0.966. The van der Waals surface area contributed by atoms with E-state index in [1.54, 1.807) is 0 Å². The van der Waals surface area contributed by atoms with E-state index < -0.39 is 6.10 Å². The van der Waals surface area contributed by atoms with Crippen molar-refractivity contribution in [2.24, 2.45) is 0 Å². The van der Waals surface area contributed by atoms with Gasteiger partial charge in [0, 0.05) is 0 Å². The minimum atomic E-state index is -0.428. The summed E-state index contributed by atoms with van der Waals surface area (Å²) in [6.07, 6.45) is 0.958. The van der Waals surface area contributed by atoms with Crippen molar-refractivity contribution < 1.29 is 10.2 Å². The monoisotopic (exact) mass is 158 g/mol. The Bertz CT molecular complexity index is 121. The van der Waals surface area contributed by atoms with E-state index >= 15 is 0 Å². The van der Waals surface area contributed by atoms with Crippen molar-refractivity contribution in [3.05, 3.63) is 12.2 Å². The lowest BCUT2D eigenvalue weighted by Gasteiger charge is -2.13. The molecular weight excluding hydrogens is 140 g/mol. The summed E-state index contributed by atoms with van der Waals surface area (Å²) < 4.78 is 0. The van der Waals surface area contributed by atoms with E-state index in [0.29, 0.717) is 19.3 Å². The van der Waals surface area contributed by atoms with Gasteiger partial charge < -0.3 is 10.2 Å². The Kier molecular flexibility index (Phi) is 5.16. The zero-order valence-corrected chi connectivity index (χ0v) is 7.38. The van der Waals surface area contributed by atoms with Crippen molar-refractivity contribution in [3.63, 3.8) is 0 Å². The maximum absolute atomic E-state index is 9.30. The molecule has 0 saturated heterocycles. The summed E-state index contributed by atoms with van der Waals surface area (Å²) in [6.45, 7) is 7.46. The number of aliphatic hydroxyl groups is 2. The Morgan fingerprint density at radius 2 is 1.91 bits per heavy atom. The van der Waals surface area contributed by atoms with E-state index in [4.69, 9.17) is 5.11 Å². The van der Waals surface area contributed by atoms with E-state index in [1.807, 2.05) is 13.8 Å². The van der Waals surface area contributed by atoms with Crippen LogP contribution >= 0.6 is 0 Å². The van der Waals surface area contributed by atoms with Crippen LogP contribution in [-0.4, -0.2) is 22.4 Å². The second-order valence-electron chi connectivity index (χ2n) is 3.11. The molecule has 2 nitrogen and oxygen atoms in total. The number of hydrogen-bond acceptors (Lipinski definition) is 2. The first-order valence-corrected chi connectivity index (χ1v) is 4.06. The molecule has 0 aliphatic heterocycles. The van der Waals surface area contributed by atoms with E-state index in [9.17, 15) is 5.11 Å². The van der Waals surface area contributed by atoms with Gasteiger partial charge in [-0.15, -0.1) is 6.58 Å². The SMILES string of the molecule is C=C(C)C[C@H](O)C[C@@H](O)CC. The van der Waals surface area contributed by atoms with Gasteiger partial charge >= 0.3 is 0 Å². The van der Waals surface area contributed by atoms with Gasteiger partial charge in [-0.1, -0.05) is 12.5 Å². The molecule has 0 fully saturated rings. The molecule has 0 aromatic rings. The van der Waals surface area contributed by atoms with Gasteiger partial charge in [0.2, 0.25) is 0 Å². The van der Waals surface area contributed by atoms with Crippen LogP contribution < -0.4 is 0 Å². The van der Waals surface area contributed by atoms with E-state index in [2.05, 4.69) is 6.58 Å². The third kappa shape index (κ3) is 6.07. The lowest BCUT2D eigenvalue weighted by molar-refractivity contribution is 0.0788. The summed E-state index contributed by atoms with van der Waals surface area (Å²) in [5, 5.41) is 18.5. The fraction of sp³-hybridized carbons (Fsp3) is 0.778. The Morgan fingerprint density at radius 1 is 1.36 bits per heavy atom. The second-order valence-corrected chi connectivity index (χ2v) is 3.11. The van der Waals surface area contributed by atoms with Gasteiger partial charge in [0.05, 0.1) is 12.2 Å². The lowest BCUT2D eigenvalue weighted by atomic mass is 10.0. The molecule has 2 heteroatoms. The average molecular weight is 158 g/mol. The molecule has 0 heterocycles. The van der Waals surface area contributed by atoms with Gasteiger partial charge in [-0.05, 0) is 26.2 Å². The maximum atomic E-state index is 9.30. The zero-order chi connectivity index (χ0) is 8.85. The van der Waals surface area contributed by atoms with Crippen LogP contribution in [0.1, 0.15) is 33.1 Å². The highest BCUT2D eigenvalue weighted by atomic mass is 16.3. The average Bonchev–Trinajstić information content (AvgIpc) is 1.85. The minimum Gasteiger partial charge on any atom is -0.393 e. The first kappa shape index (κ1) is 10.7. The van der Waals surface area contributed by atoms with Crippen LogP contribution in [0.25, 0.3) is 0 Å². The van der Waals surface area contributed by atoms with Crippen LogP contribution in [0, 0.1) is 0 Å². The highest BCUT2D eigenvalue weighted by Gasteiger charge is 2.09. The molecule has 0 bridgehead atoms. The summed E-state index contributed by atoms with van der Waals surface area (Å²) in [5.74, 6) is 0. The van der Waals surface area contributed by atoms with Crippen molar-refractivity contribution in [2.45, 2.75) is 45.3 Å². The molecule has 0 spiro atoms. The summed E-state index contributed by atoms with van der Waals surface area (Å²) in [5.41, 5.74) is 0.959. The molecule has 0 amide bonds. The smallest absolute Gasteiger partial charge is 0.0601 e. The van der Waals surface area contributed by atoms with Crippen molar-refractivity contribution >= 4 is 0 Å². The summed E-state index contributed by atoms with van der Waals surface area (Å²) >= 11 is 0. The Morgan fingerprint density at radius 3 is 2.27 bits per heavy atom. The van der Waals surface area contributed by atoms with E-state index in [0.717, 1.165) is 5.57 Å². The van der Waals surface area contributed by atoms with Crippen LogP contribution in [0.15, 0.2) is 12.2 Å². The molecular formula is C9H18O2. The largest absolute Gasteiger partial charge is 0.393 e. The zero-order valence-electron chi connectivity index (χ0n) is 7.38. The van der Waals surface area contributed by atoms with Crippen LogP contribution in [0.5, 0.6) is 0 Å². The number of hydrogen-bond donors (Lipinski definition) is 2. The quantitative estimate of drug-likeness (QED) is 0.595. The minimum absolute atomic E-state index is 0.371. The summed E-state index contributed by atoms with van der Waals surface area (Å²) in [6, 6.07) is 0. The molecule has 0 aliphatic rings. The maximum Gasteiger partial charge on any atom is 0.0601 e. The molecule has 11 heavy (non-hydrogen) atoms. The molecule has 0 unspecified atom stereocenters. The first-order valence-electron chi connectivity index (χ1n) is 4.06. The molecule has 0 saturated carbocycles. The van der Waals surface area contributed by atoms with E-state index in [1.165, 1.54) is 0 Å².